The van der Waals surface area contributed by atoms with Gasteiger partial charge in [0.25, 0.3) is 0 Å². The number of nitrogens with zero attached hydrogens (tertiary/aromatic N) is 1. The first-order chi connectivity index (χ1) is 9.88. The number of nitro groups is 1. The molecule has 0 atom stereocenters. The average molecular weight is 351 g/mol. The molecular weight excluding hydrogens is 344 g/mol. The van der Waals surface area contributed by atoms with Gasteiger partial charge in [0.15, 0.2) is 5.75 Å². The van der Waals surface area contributed by atoms with Gasteiger partial charge in [-0.2, -0.15) is 4.39 Å². The summed E-state index contributed by atoms with van der Waals surface area (Å²) >= 11 is 17.7. The molecule has 2 aromatic carbocycles. The van der Waals surface area contributed by atoms with E-state index in [-0.39, 0.29) is 22.4 Å². The van der Waals surface area contributed by atoms with Crippen LogP contribution < -0.4 is 4.74 Å². The van der Waals surface area contributed by atoms with Gasteiger partial charge in [-0.25, -0.2) is 0 Å². The Bertz CT molecular complexity index is 686. The predicted octanol–water partition coefficient (Wildman–Crippen LogP) is 5.27. The standard InChI is InChI=1S/C13H7Cl3FNO3/c14-8-4-9(15)13(10(16)5-8)21-6-7-1-2-12(18(19)20)11(17)3-7/h1-5H,6H2. The highest BCUT2D eigenvalue weighted by Gasteiger charge is 2.15. The van der Waals surface area contributed by atoms with Crippen molar-refractivity contribution in [3.05, 3.63) is 66.9 Å². The third-order valence-electron chi connectivity index (χ3n) is 2.56. The summed E-state index contributed by atoms with van der Waals surface area (Å²) in [6.07, 6.45) is 0. The van der Waals surface area contributed by atoms with E-state index in [1.165, 1.54) is 18.2 Å². The zero-order chi connectivity index (χ0) is 15.6. The lowest BCUT2D eigenvalue weighted by molar-refractivity contribution is -0.387. The van der Waals surface area contributed by atoms with E-state index in [0.717, 1.165) is 12.1 Å². The molecule has 0 fully saturated rings. The van der Waals surface area contributed by atoms with Crippen molar-refractivity contribution in [2.45, 2.75) is 6.61 Å². The zero-order valence-electron chi connectivity index (χ0n) is 10.3. The van der Waals surface area contributed by atoms with Crippen LogP contribution in [0.3, 0.4) is 0 Å². The molecule has 0 aliphatic rings. The number of hydrogen-bond acceptors (Lipinski definition) is 3. The van der Waals surface area contributed by atoms with Crippen LogP contribution in [0.2, 0.25) is 15.1 Å². The monoisotopic (exact) mass is 349 g/mol. The zero-order valence-corrected chi connectivity index (χ0v) is 12.5. The summed E-state index contributed by atoms with van der Waals surface area (Å²) in [7, 11) is 0. The van der Waals surface area contributed by atoms with E-state index in [4.69, 9.17) is 39.5 Å². The first-order valence-corrected chi connectivity index (χ1v) is 6.72. The van der Waals surface area contributed by atoms with Gasteiger partial charge < -0.3 is 4.74 Å². The minimum Gasteiger partial charge on any atom is -0.486 e. The third-order valence-corrected chi connectivity index (χ3v) is 3.33. The molecule has 110 valence electrons. The van der Waals surface area contributed by atoms with E-state index >= 15 is 0 Å². The van der Waals surface area contributed by atoms with Gasteiger partial charge in [0.2, 0.25) is 5.82 Å². The molecule has 0 aliphatic carbocycles. The topological polar surface area (TPSA) is 52.4 Å². The van der Waals surface area contributed by atoms with E-state index < -0.39 is 16.4 Å². The van der Waals surface area contributed by atoms with Crippen molar-refractivity contribution in [2.24, 2.45) is 0 Å². The Morgan fingerprint density at radius 3 is 2.29 bits per heavy atom. The van der Waals surface area contributed by atoms with Gasteiger partial charge in [-0.3, -0.25) is 10.1 Å². The second-order valence-electron chi connectivity index (χ2n) is 4.03. The number of ether oxygens (including phenoxy) is 1. The molecule has 21 heavy (non-hydrogen) atoms. The maximum absolute atomic E-state index is 13.5. The summed E-state index contributed by atoms with van der Waals surface area (Å²) < 4.78 is 18.9. The van der Waals surface area contributed by atoms with Crippen molar-refractivity contribution >= 4 is 40.5 Å². The van der Waals surface area contributed by atoms with Crippen molar-refractivity contribution in [1.82, 2.24) is 0 Å². The van der Waals surface area contributed by atoms with Crippen LogP contribution in [-0.4, -0.2) is 4.92 Å². The number of halogens is 4. The fraction of sp³-hybridized carbons (Fsp3) is 0.0769. The molecule has 2 rings (SSSR count). The van der Waals surface area contributed by atoms with E-state index in [0.29, 0.717) is 10.6 Å². The first kappa shape index (κ1) is 15.8. The Balaban J connectivity index is 2.17. The summed E-state index contributed by atoms with van der Waals surface area (Å²) in [6.45, 7) is -0.0456. The quantitative estimate of drug-likeness (QED) is 0.557. The Kier molecular flexibility index (Phi) is 4.88. The van der Waals surface area contributed by atoms with Gasteiger partial charge in [-0.15, -0.1) is 0 Å². The molecule has 0 amide bonds. The normalized spacial score (nSPS) is 10.5. The molecule has 2 aromatic rings. The lowest BCUT2D eigenvalue weighted by Gasteiger charge is -2.10. The van der Waals surface area contributed by atoms with Gasteiger partial charge in [0, 0.05) is 11.1 Å². The largest absolute Gasteiger partial charge is 0.486 e. The highest BCUT2D eigenvalue weighted by Crippen LogP contribution is 2.36. The molecule has 0 bridgehead atoms. The molecule has 0 spiro atoms. The summed E-state index contributed by atoms with van der Waals surface area (Å²) in [6, 6.07) is 6.40. The van der Waals surface area contributed by atoms with Crippen LogP contribution >= 0.6 is 34.8 Å². The van der Waals surface area contributed by atoms with Crippen molar-refractivity contribution in [3.8, 4) is 5.75 Å². The summed E-state index contributed by atoms with van der Waals surface area (Å²) in [5.41, 5.74) is -0.193. The minimum absolute atomic E-state index is 0.0456. The number of rotatable bonds is 4. The second-order valence-corrected chi connectivity index (χ2v) is 5.28. The Labute approximate surface area is 134 Å². The molecule has 0 unspecified atom stereocenters. The molecule has 0 radical (unpaired) electrons. The van der Waals surface area contributed by atoms with Crippen molar-refractivity contribution in [3.63, 3.8) is 0 Å². The summed E-state index contributed by atoms with van der Waals surface area (Å²) in [5, 5.41) is 11.3. The van der Waals surface area contributed by atoms with Crippen LogP contribution in [0.4, 0.5) is 10.1 Å². The summed E-state index contributed by atoms with van der Waals surface area (Å²) in [5.74, 6) is -0.726. The van der Waals surface area contributed by atoms with Gasteiger partial charge in [-0.1, -0.05) is 34.8 Å². The van der Waals surface area contributed by atoms with E-state index in [2.05, 4.69) is 0 Å². The highest BCUT2D eigenvalue weighted by molar-refractivity contribution is 6.40. The SMILES string of the molecule is O=[N+]([O-])c1ccc(COc2c(Cl)cc(Cl)cc2Cl)cc1F. The highest BCUT2D eigenvalue weighted by atomic mass is 35.5. The molecule has 0 aromatic heterocycles. The Morgan fingerprint density at radius 2 is 1.76 bits per heavy atom. The molecule has 0 saturated heterocycles. The lowest BCUT2D eigenvalue weighted by Crippen LogP contribution is -1.99. The van der Waals surface area contributed by atoms with Crippen LogP contribution in [0.1, 0.15) is 5.56 Å². The fourth-order valence-electron chi connectivity index (χ4n) is 1.61. The Hall–Kier alpha value is -1.56. The van der Waals surface area contributed by atoms with Crippen LogP contribution in [0.25, 0.3) is 0 Å². The number of nitro benzene ring substituents is 1. The predicted molar refractivity (Wildman–Crippen MR) is 78.9 cm³/mol. The lowest BCUT2D eigenvalue weighted by atomic mass is 10.2. The third kappa shape index (κ3) is 3.75. The van der Waals surface area contributed by atoms with Crippen molar-refractivity contribution in [2.75, 3.05) is 0 Å². The van der Waals surface area contributed by atoms with E-state index in [9.17, 15) is 14.5 Å². The van der Waals surface area contributed by atoms with Gasteiger partial charge in [0.05, 0.1) is 15.0 Å². The molecular formula is C13H7Cl3FNO3. The molecule has 0 aliphatic heterocycles. The maximum Gasteiger partial charge on any atom is 0.304 e. The second kappa shape index (κ2) is 6.47. The summed E-state index contributed by atoms with van der Waals surface area (Å²) in [4.78, 5) is 9.72. The molecule has 4 nitrogen and oxygen atoms in total. The molecule has 8 heteroatoms. The minimum atomic E-state index is -0.936. The first-order valence-electron chi connectivity index (χ1n) is 5.58. The van der Waals surface area contributed by atoms with Gasteiger partial charge in [0.1, 0.15) is 6.61 Å². The number of benzene rings is 2. The van der Waals surface area contributed by atoms with E-state index in [1.54, 1.807) is 0 Å². The van der Waals surface area contributed by atoms with Crippen LogP contribution in [0, 0.1) is 15.9 Å². The molecule has 0 heterocycles. The van der Waals surface area contributed by atoms with Crippen LogP contribution in [-0.2, 0) is 6.61 Å². The van der Waals surface area contributed by atoms with Crippen molar-refractivity contribution in [1.29, 1.82) is 0 Å². The maximum atomic E-state index is 13.5. The van der Waals surface area contributed by atoms with Gasteiger partial charge in [-0.05, 0) is 29.8 Å². The number of hydrogen-bond donors (Lipinski definition) is 0. The van der Waals surface area contributed by atoms with Crippen molar-refractivity contribution < 1.29 is 14.1 Å². The smallest absolute Gasteiger partial charge is 0.304 e. The van der Waals surface area contributed by atoms with Gasteiger partial charge >= 0.3 is 5.69 Å². The fourth-order valence-corrected chi connectivity index (χ4v) is 2.54. The Morgan fingerprint density at radius 1 is 1.14 bits per heavy atom. The molecule has 0 N–H and O–H groups in total. The van der Waals surface area contributed by atoms with E-state index in [1.807, 2.05) is 0 Å². The van der Waals surface area contributed by atoms with Crippen LogP contribution in [0.5, 0.6) is 5.75 Å². The molecule has 0 saturated carbocycles. The average Bonchev–Trinajstić information content (AvgIpc) is 2.36. The van der Waals surface area contributed by atoms with Crippen LogP contribution in [0.15, 0.2) is 30.3 Å².